The molecule has 0 heterocycles. The molecule has 0 unspecified atom stereocenters. The summed E-state index contributed by atoms with van der Waals surface area (Å²) < 4.78 is 0. The minimum atomic E-state index is -0.551. The fourth-order valence-electron chi connectivity index (χ4n) is 1.38. The van der Waals surface area contributed by atoms with Crippen LogP contribution in [-0.2, 0) is 0 Å². The number of primary amides is 2. The van der Waals surface area contributed by atoms with Crippen molar-refractivity contribution < 1.29 is 12.4 Å². The highest BCUT2D eigenvalue weighted by Gasteiger charge is 2.11. The highest BCUT2D eigenvalue weighted by molar-refractivity contribution is 6.00. The average Bonchev–Trinajstić information content (AvgIpc) is 2.33. The zero-order chi connectivity index (χ0) is 14.9. The van der Waals surface area contributed by atoms with Gasteiger partial charge in [-0.2, -0.15) is 0 Å². The predicted octanol–water partition coefficient (Wildman–Crippen LogP) is 3.05. The second-order valence-electron chi connectivity index (χ2n) is 3.21. The van der Waals surface area contributed by atoms with Crippen molar-refractivity contribution >= 4 is 11.8 Å². The van der Waals surface area contributed by atoms with Crippen LogP contribution in [0, 0.1) is 13.8 Å². The normalized spacial score (nSPS) is 8.33. The maximum Gasteiger partial charge on any atom is 0.248 e. The van der Waals surface area contributed by atoms with Crippen LogP contribution in [0.25, 0.3) is 0 Å². The van der Waals surface area contributed by atoms with Crippen molar-refractivity contribution in [2.24, 2.45) is 11.5 Å². The van der Waals surface area contributed by atoms with E-state index < -0.39 is 11.8 Å². The number of amides is 2. The van der Waals surface area contributed by atoms with Gasteiger partial charge in [-0.1, -0.05) is 33.8 Å². The first kappa shape index (κ1) is 18.5. The highest BCUT2D eigenvalue weighted by Crippen LogP contribution is 2.15. The number of hydrogen-bond acceptors (Lipinski definition) is 2. The molecule has 2 amide bonds. The van der Waals surface area contributed by atoms with Crippen LogP contribution in [0.2, 0.25) is 0 Å². The van der Waals surface area contributed by atoms with Crippen LogP contribution in [-0.4, -0.2) is 11.8 Å². The number of hydrogen-bond donors (Lipinski definition) is 2. The first-order chi connectivity index (χ1) is 8.43. The van der Waals surface area contributed by atoms with E-state index in [0.29, 0.717) is 11.1 Å². The van der Waals surface area contributed by atoms with E-state index in [4.69, 9.17) is 11.5 Å². The molecule has 0 aromatic heterocycles. The zero-order valence-corrected chi connectivity index (χ0v) is 12.1. The second kappa shape index (κ2) is 9.22. The summed E-state index contributed by atoms with van der Waals surface area (Å²) in [5.41, 5.74) is 12.5. The number of rotatable bonds is 2. The number of carbonyl (C=O) groups is 2. The van der Waals surface area contributed by atoms with Gasteiger partial charge in [0.25, 0.3) is 0 Å². The van der Waals surface area contributed by atoms with Gasteiger partial charge in [0.05, 0.1) is 0 Å². The van der Waals surface area contributed by atoms with Gasteiger partial charge in [-0.3, -0.25) is 9.59 Å². The van der Waals surface area contributed by atoms with Crippen LogP contribution in [0.1, 0.15) is 62.4 Å². The van der Waals surface area contributed by atoms with Gasteiger partial charge >= 0.3 is 0 Å². The molecule has 18 heavy (non-hydrogen) atoms. The Labute approximate surface area is 112 Å². The molecule has 0 saturated carbocycles. The molecule has 0 aliphatic heterocycles. The van der Waals surface area contributed by atoms with Gasteiger partial charge < -0.3 is 11.5 Å². The lowest BCUT2D eigenvalue weighted by molar-refractivity contribution is 0.0998. The van der Waals surface area contributed by atoms with Gasteiger partial charge in [0.1, 0.15) is 0 Å². The maximum atomic E-state index is 11.0. The second-order valence-corrected chi connectivity index (χ2v) is 3.21. The molecule has 1 rings (SSSR count). The first-order valence-electron chi connectivity index (χ1n) is 6.14. The largest absolute Gasteiger partial charge is 0.366 e. The monoisotopic (exact) mass is 256 g/mol. The number of benzene rings is 1. The smallest absolute Gasteiger partial charge is 0.248 e. The molecule has 4 heteroatoms. The Morgan fingerprint density at radius 2 is 1.11 bits per heavy atom. The van der Waals surface area contributed by atoms with Crippen LogP contribution in [0.5, 0.6) is 0 Å². The minimum absolute atomic E-state index is 0. The highest BCUT2D eigenvalue weighted by atomic mass is 16.1. The van der Waals surface area contributed by atoms with Crippen molar-refractivity contribution in [1.82, 2.24) is 0 Å². The van der Waals surface area contributed by atoms with E-state index in [1.54, 1.807) is 19.9 Å². The van der Waals surface area contributed by atoms with Gasteiger partial charge in [-0.05, 0) is 31.0 Å². The van der Waals surface area contributed by atoms with Gasteiger partial charge in [0.15, 0.2) is 0 Å². The lowest BCUT2D eigenvalue weighted by Gasteiger charge is -2.07. The molecule has 1 aromatic carbocycles. The van der Waals surface area contributed by atoms with Crippen molar-refractivity contribution in [1.29, 1.82) is 0 Å². The lowest BCUT2D eigenvalue weighted by atomic mass is 9.99. The quantitative estimate of drug-likeness (QED) is 0.852. The summed E-state index contributed by atoms with van der Waals surface area (Å²) in [6.07, 6.45) is 0. The average molecular weight is 256 g/mol. The number of carbonyl (C=O) groups excluding carboxylic acids is 2. The summed E-state index contributed by atoms with van der Waals surface area (Å²) in [4.78, 5) is 22.0. The van der Waals surface area contributed by atoms with Crippen LogP contribution in [0.4, 0.5) is 0 Å². The Bertz CT molecular complexity index is 387. The Kier molecular flexibility index (Phi) is 9.48. The molecule has 4 nitrogen and oxygen atoms in total. The number of aryl methyl sites for hydroxylation is 2. The van der Waals surface area contributed by atoms with Crippen LogP contribution < -0.4 is 11.5 Å². The molecule has 4 N–H and O–H groups in total. The third-order valence-corrected chi connectivity index (χ3v) is 2.10. The molecule has 0 radical (unpaired) electrons. The molecule has 106 valence electrons. The third-order valence-electron chi connectivity index (χ3n) is 2.10. The Hall–Kier alpha value is -1.84. The van der Waals surface area contributed by atoms with Crippen LogP contribution in [0.3, 0.4) is 0 Å². The molecule has 0 spiro atoms. The summed E-state index contributed by atoms with van der Waals surface area (Å²) in [6.45, 7) is 11.5. The summed E-state index contributed by atoms with van der Waals surface area (Å²) in [5, 5.41) is 0. The van der Waals surface area contributed by atoms with E-state index in [2.05, 4.69) is 0 Å². The Balaban J connectivity index is -0.000000196. The van der Waals surface area contributed by atoms with Gasteiger partial charge in [0, 0.05) is 14.0 Å². The SMILES string of the molecule is CC.CC.Cc1cc(C)c(C(N)=O)cc1C(N)=O.[HH].[HH]. The predicted molar refractivity (Wildman–Crippen MR) is 79.9 cm³/mol. The van der Waals surface area contributed by atoms with E-state index in [9.17, 15) is 9.59 Å². The molecule has 0 atom stereocenters. The molecule has 0 aliphatic rings. The molecule has 0 aliphatic carbocycles. The summed E-state index contributed by atoms with van der Waals surface area (Å²) in [7, 11) is 0. The number of nitrogens with two attached hydrogens (primary N) is 2. The van der Waals surface area contributed by atoms with E-state index in [0.717, 1.165) is 11.1 Å². The van der Waals surface area contributed by atoms with E-state index in [1.165, 1.54) is 6.07 Å². The molecule has 0 fully saturated rings. The van der Waals surface area contributed by atoms with Crippen LogP contribution >= 0.6 is 0 Å². The molecular formula is C14H28N2O2. The van der Waals surface area contributed by atoms with Crippen molar-refractivity contribution in [3.05, 3.63) is 34.4 Å². The summed E-state index contributed by atoms with van der Waals surface area (Å²) >= 11 is 0. The Morgan fingerprint density at radius 1 is 0.833 bits per heavy atom. The van der Waals surface area contributed by atoms with Crippen molar-refractivity contribution in [2.45, 2.75) is 41.5 Å². The van der Waals surface area contributed by atoms with Gasteiger partial charge in [0.2, 0.25) is 11.8 Å². The molecular weight excluding hydrogens is 228 g/mol. The fraction of sp³-hybridized carbons (Fsp3) is 0.429. The molecule has 0 bridgehead atoms. The minimum Gasteiger partial charge on any atom is -0.366 e. The molecule has 1 aromatic rings. The van der Waals surface area contributed by atoms with Crippen molar-refractivity contribution in [3.8, 4) is 0 Å². The van der Waals surface area contributed by atoms with Crippen LogP contribution in [0.15, 0.2) is 12.1 Å². The summed E-state index contributed by atoms with van der Waals surface area (Å²) in [5.74, 6) is -1.10. The third kappa shape index (κ3) is 4.99. The van der Waals surface area contributed by atoms with Crippen molar-refractivity contribution in [3.63, 3.8) is 0 Å². The zero-order valence-electron chi connectivity index (χ0n) is 12.1. The fourth-order valence-corrected chi connectivity index (χ4v) is 1.38. The lowest BCUT2D eigenvalue weighted by Crippen LogP contribution is -2.17. The van der Waals surface area contributed by atoms with Gasteiger partial charge in [-0.15, -0.1) is 0 Å². The maximum absolute atomic E-state index is 11.0. The topological polar surface area (TPSA) is 86.2 Å². The Morgan fingerprint density at radius 3 is 1.33 bits per heavy atom. The molecule has 0 saturated heterocycles. The van der Waals surface area contributed by atoms with Crippen molar-refractivity contribution in [2.75, 3.05) is 0 Å². The van der Waals surface area contributed by atoms with E-state index in [1.807, 2.05) is 27.7 Å². The van der Waals surface area contributed by atoms with Gasteiger partial charge in [-0.25, -0.2) is 0 Å². The summed E-state index contributed by atoms with van der Waals surface area (Å²) in [6, 6.07) is 3.16. The van der Waals surface area contributed by atoms with E-state index >= 15 is 0 Å². The van der Waals surface area contributed by atoms with E-state index in [-0.39, 0.29) is 2.85 Å². The first-order valence-corrected chi connectivity index (χ1v) is 6.14. The standard InChI is InChI=1S/C10H12N2O2.2C2H6.2H2/c1-5-3-6(2)8(10(12)14)4-7(5)9(11)13;2*1-2;;/h3-4H,1-2H3,(H2,11,13)(H2,12,14);2*1-2H3;2*1H.